The zero-order valence-corrected chi connectivity index (χ0v) is 15.3. The summed E-state index contributed by atoms with van der Waals surface area (Å²) in [4.78, 5) is 23.1. The van der Waals surface area contributed by atoms with E-state index in [1.54, 1.807) is 0 Å². The molecule has 1 aliphatic rings. The quantitative estimate of drug-likeness (QED) is 0.377. The molecular formula is C16H30BrNO4. The molecule has 22 heavy (non-hydrogen) atoms. The van der Waals surface area contributed by atoms with Crippen LogP contribution in [0, 0.1) is 0 Å². The van der Waals surface area contributed by atoms with Gasteiger partial charge in [-0.05, 0) is 58.2 Å². The minimum atomic E-state index is -0.668. The van der Waals surface area contributed by atoms with Gasteiger partial charge in [0.05, 0.1) is 7.11 Å². The Morgan fingerprint density at radius 3 is 2.23 bits per heavy atom. The number of carbonyl (C=O) groups is 2. The second-order valence-corrected chi connectivity index (χ2v) is 6.27. The molecular weight excluding hydrogens is 350 g/mol. The van der Waals surface area contributed by atoms with Gasteiger partial charge in [-0.2, -0.15) is 0 Å². The van der Waals surface area contributed by atoms with Crippen molar-refractivity contribution in [2.24, 2.45) is 0 Å². The van der Waals surface area contributed by atoms with Crippen LogP contribution in [0.4, 0.5) is 0 Å². The normalized spacial score (nSPS) is 14.8. The number of halogens is 1. The van der Waals surface area contributed by atoms with Crippen LogP contribution >= 0.6 is 15.9 Å². The number of hydrogen-bond acceptors (Lipinski definition) is 4. The van der Waals surface area contributed by atoms with Crippen molar-refractivity contribution in [3.05, 3.63) is 0 Å². The summed E-state index contributed by atoms with van der Waals surface area (Å²) < 4.78 is 4.44. The molecule has 130 valence electrons. The fourth-order valence-corrected chi connectivity index (χ4v) is 2.66. The van der Waals surface area contributed by atoms with Crippen LogP contribution in [0.3, 0.4) is 0 Å². The van der Waals surface area contributed by atoms with Crippen molar-refractivity contribution in [1.82, 2.24) is 4.90 Å². The molecule has 0 spiro atoms. The first-order chi connectivity index (χ1) is 10.6. The van der Waals surface area contributed by atoms with Crippen LogP contribution in [0.25, 0.3) is 0 Å². The highest BCUT2D eigenvalue weighted by atomic mass is 79.9. The maximum atomic E-state index is 10.4. The zero-order valence-electron chi connectivity index (χ0n) is 13.7. The topological polar surface area (TPSA) is 66.8 Å². The van der Waals surface area contributed by atoms with Gasteiger partial charge in [0.25, 0.3) is 0 Å². The predicted octanol–water partition coefficient (Wildman–Crippen LogP) is 3.45. The van der Waals surface area contributed by atoms with Crippen molar-refractivity contribution in [3.8, 4) is 0 Å². The van der Waals surface area contributed by atoms with E-state index in [-0.39, 0.29) is 5.97 Å². The van der Waals surface area contributed by atoms with E-state index in [0.717, 1.165) is 37.6 Å². The summed E-state index contributed by atoms with van der Waals surface area (Å²) in [5, 5.41) is 9.40. The summed E-state index contributed by atoms with van der Waals surface area (Å²) in [7, 11) is 1.41. The molecule has 6 heteroatoms. The zero-order chi connectivity index (χ0) is 16.6. The lowest BCUT2D eigenvalue weighted by Crippen LogP contribution is -2.30. The molecule has 0 unspecified atom stereocenters. The molecule has 1 fully saturated rings. The van der Waals surface area contributed by atoms with Gasteiger partial charge >= 0.3 is 11.9 Å². The minimum absolute atomic E-state index is 0.115. The Kier molecular flexibility index (Phi) is 14.9. The predicted molar refractivity (Wildman–Crippen MR) is 91.4 cm³/mol. The van der Waals surface area contributed by atoms with Gasteiger partial charge in [-0.25, -0.2) is 0 Å². The van der Waals surface area contributed by atoms with Gasteiger partial charge < -0.3 is 14.7 Å². The van der Waals surface area contributed by atoms with Gasteiger partial charge in [-0.3, -0.25) is 9.59 Å². The van der Waals surface area contributed by atoms with Crippen molar-refractivity contribution >= 4 is 27.9 Å². The number of ether oxygens (including phenoxy) is 1. The van der Waals surface area contributed by atoms with E-state index < -0.39 is 5.97 Å². The molecule has 1 saturated heterocycles. The van der Waals surface area contributed by atoms with Gasteiger partial charge in [0.15, 0.2) is 0 Å². The lowest BCUT2D eigenvalue weighted by Gasteiger charge is -2.26. The monoisotopic (exact) mass is 379 g/mol. The number of esters is 1. The number of hydrogen-bond donors (Lipinski definition) is 1. The van der Waals surface area contributed by atoms with Crippen LogP contribution < -0.4 is 0 Å². The minimum Gasteiger partial charge on any atom is -0.481 e. The third-order valence-electron chi connectivity index (χ3n) is 3.56. The highest BCUT2D eigenvalue weighted by molar-refractivity contribution is 9.09. The molecule has 0 aromatic carbocycles. The first-order valence-electron chi connectivity index (χ1n) is 8.17. The number of aliphatic carboxylic acids is 1. The van der Waals surface area contributed by atoms with Gasteiger partial charge in [-0.15, -0.1) is 0 Å². The van der Waals surface area contributed by atoms with Crippen molar-refractivity contribution in [2.75, 3.05) is 32.1 Å². The Morgan fingerprint density at radius 1 is 1.05 bits per heavy atom. The van der Waals surface area contributed by atoms with E-state index in [9.17, 15) is 9.59 Å². The molecule has 0 atom stereocenters. The average molecular weight is 380 g/mol. The SMILES string of the molecule is COC(=O)CCCCBr.O=C(O)CCCCN1CCCCC1. The van der Waals surface area contributed by atoms with E-state index >= 15 is 0 Å². The summed E-state index contributed by atoms with van der Waals surface area (Å²) in [5.41, 5.74) is 0. The number of carbonyl (C=O) groups excluding carboxylic acids is 1. The average Bonchev–Trinajstić information content (AvgIpc) is 2.53. The maximum Gasteiger partial charge on any atom is 0.305 e. The highest BCUT2D eigenvalue weighted by Gasteiger charge is 2.09. The number of methoxy groups -OCH3 is 1. The van der Waals surface area contributed by atoms with Gasteiger partial charge in [0.2, 0.25) is 0 Å². The van der Waals surface area contributed by atoms with E-state index in [4.69, 9.17) is 5.11 Å². The van der Waals surface area contributed by atoms with Crippen LogP contribution in [0.5, 0.6) is 0 Å². The molecule has 1 aliphatic heterocycles. The van der Waals surface area contributed by atoms with Gasteiger partial charge in [0, 0.05) is 18.2 Å². The summed E-state index contributed by atoms with van der Waals surface area (Å²) in [5.74, 6) is -0.783. The largest absolute Gasteiger partial charge is 0.481 e. The molecule has 1 N–H and O–H groups in total. The number of carboxylic acid groups (broad SMARTS) is 1. The summed E-state index contributed by atoms with van der Waals surface area (Å²) in [6, 6.07) is 0. The van der Waals surface area contributed by atoms with Crippen molar-refractivity contribution in [1.29, 1.82) is 0 Å². The number of alkyl halides is 1. The Morgan fingerprint density at radius 2 is 1.68 bits per heavy atom. The number of rotatable bonds is 9. The standard InChI is InChI=1S/C10H19NO2.C6H11BrO2/c12-10(13)6-2-5-9-11-7-3-1-4-8-11;1-9-6(8)4-2-3-5-7/h1-9H2,(H,12,13);2-5H2,1H3. The number of piperidine rings is 1. The second kappa shape index (κ2) is 15.3. The Labute approximate surface area is 142 Å². The Balaban J connectivity index is 0.000000433. The number of unbranched alkanes of at least 4 members (excludes halogenated alkanes) is 2. The third-order valence-corrected chi connectivity index (χ3v) is 4.12. The number of carboxylic acids is 1. The van der Waals surface area contributed by atoms with Crippen LogP contribution in [-0.4, -0.2) is 54.0 Å². The van der Waals surface area contributed by atoms with Crippen LogP contribution in [0.15, 0.2) is 0 Å². The van der Waals surface area contributed by atoms with Gasteiger partial charge in [-0.1, -0.05) is 22.4 Å². The van der Waals surface area contributed by atoms with E-state index in [2.05, 4.69) is 25.6 Å². The van der Waals surface area contributed by atoms with E-state index in [0.29, 0.717) is 12.8 Å². The molecule has 0 radical (unpaired) electrons. The molecule has 0 amide bonds. The fraction of sp³-hybridized carbons (Fsp3) is 0.875. The molecule has 0 aliphatic carbocycles. The summed E-state index contributed by atoms with van der Waals surface area (Å²) in [6.45, 7) is 3.52. The second-order valence-electron chi connectivity index (χ2n) is 5.48. The first-order valence-corrected chi connectivity index (χ1v) is 9.29. The maximum absolute atomic E-state index is 10.4. The Hall–Kier alpha value is -0.620. The van der Waals surface area contributed by atoms with Crippen LogP contribution in [0.2, 0.25) is 0 Å². The molecule has 0 saturated carbocycles. The highest BCUT2D eigenvalue weighted by Crippen LogP contribution is 2.09. The Bertz CT molecular complexity index is 294. The number of nitrogens with zero attached hydrogens (tertiary/aromatic N) is 1. The third kappa shape index (κ3) is 14.3. The van der Waals surface area contributed by atoms with Crippen molar-refractivity contribution in [2.45, 2.75) is 57.8 Å². The lowest BCUT2D eigenvalue weighted by molar-refractivity contribution is -0.140. The summed E-state index contributed by atoms with van der Waals surface area (Å²) >= 11 is 3.27. The van der Waals surface area contributed by atoms with E-state index in [1.807, 2.05) is 0 Å². The first kappa shape index (κ1) is 21.4. The van der Waals surface area contributed by atoms with Gasteiger partial charge in [0.1, 0.15) is 0 Å². The molecule has 0 bridgehead atoms. The number of likely N-dealkylation sites (tertiary alicyclic amines) is 1. The van der Waals surface area contributed by atoms with Crippen molar-refractivity contribution < 1.29 is 19.4 Å². The van der Waals surface area contributed by atoms with E-state index in [1.165, 1.54) is 39.5 Å². The smallest absolute Gasteiger partial charge is 0.305 e. The van der Waals surface area contributed by atoms with Crippen LogP contribution in [0.1, 0.15) is 57.8 Å². The molecule has 1 heterocycles. The molecule has 1 rings (SSSR count). The molecule has 0 aromatic heterocycles. The lowest BCUT2D eigenvalue weighted by atomic mass is 10.1. The molecule has 5 nitrogen and oxygen atoms in total. The molecule has 0 aromatic rings. The summed E-state index contributed by atoms with van der Waals surface area (Å²) in [6.07, 6.45) is 8.69. The van der Waals surface area contributed by atoms with Crippen LogP contribution in [-0.2, 0) is 14.3 Å². The fourth-order valence-electron chi connectivity index (χ4n) is 2.26. The van der Waals surface area contributed by atoms with Crippen molar-refractivity contribution in [3.63, 3.8) is 0 Å².